The van der Waals surface area contributed by atoms with E-state index in [2.05, 4.69) is 10.0 Å². The maximum atomic E-state index is 11.2. The van der Waals surface area contributed by atoms with Gasteiger partial charge in [-0.3, -0.25) is 4.79 Å². The largest absolute Gasteiger partial charge is 0.340 e. The van der Waals surface area contributed by atoms with Crippen molar-refractivity contribution in [1.82, 2.24) is 4.90 Å². The Morgan fingerprint density at radius 1 is 1.77 bits per heavy atom. The predicted molar refractivity (Wildman–Crippen MR) is 49.0 cm³/mol. The molecule has 13 heavy (non-hydrogen) atoms. The van der Waals surface area contributed by atoms with Crippen molar-refractivity contribution >= 4 is 5.91 Å². The van der Waals surface area contributed by atoms with Crippen LogP contribution in [0.4, 0.5) is 0 Å². The van der Waals surface area contributed by atoms with Gasteiger partial charge in [0.15, 0.2) is 0 Å². The lowest BCUT2D eigenvalue weighted by molar-refractivity contribution is -0.129. The minimum absolute atomic E-state index is 0.0288. The predicted octanol–water partition coefficient (Wildman–Crippen LogP) is 1.70. The number of rotatable bonds is 2. The molecular weight excluding hydrogens is 168 g/mol. The van der Waals surface area contributed by atoms with Crippen molar-refractivity contribution < 1.29 is 4.79 Å². The summed E-state index contributed by atoms with van der Waals surface area (Å²) in [6, 6.07) is 0.229. The van der Waals surface area contributed by atoms with Crippen LogP contribution in [0, 0.1) is 0 Å². The zero-order chi connectivity index (χ0) is 9.84. The van der Waals surface area contributed by atoms with Gasteiger partial charge in [-0.1, -0.05) is 12.0 Å². The molecule has 1 rings (SSSR count). The second-order valence-corrected chi connectivity index (χ2v) is 3.33. The van der Waals surface area contributed by atoms with Crippen molar-refractivity contribution in [3.8, 4) is 0 Å². The van der Waals surface area contributed by atoms with Gasteiger partial charge in [-0.2, -0.15) is 0 Å². The maximum Gasteiger partial charge on any atom is 0.219 e. The van der Waals surface area contributed by atoms with Gasteiger partial charge in [-0.05, 0) is 18.4 Å². The fourth-order valence-electron chi connectivity index (χ4n) is 1.82. The zero-order valence-corrected chi connectivity index (χ0v) is 7.97. The van der Waals surface area contributed by atoms with Crippen LogP contribution in [-0.2, 0) is 4.79 Å². The van der Waals surface area contributed by atoms with Crippen LogP contribution in [0.15, 0.2) is 5.11 Å². The lowest BCUT2D eigenvalue weighted by atomic mass is 10.1. The van der Waals surface area contributed by atoms with Crippen LogP contribution in [0.5, 0.6) is 0 Å². The van der Waals surface area contributed by atoms with E-state index >= 15 is 0 Å². The zero-order valence-electron chi connectivity index (χ0n) is 7.97. The van der Waals surface area contributed by atoms with Crippen LogP contribution in [-0.4, -0.2) is 29.4 Å². The number of azide groups is 1. The van der Waals surface area contributed by atoms with Crippen molar-refractivity contribution in [1.29, 1.82) is 0 Å². The van der Waals surface area contributed by atoms with E-state index in [0.29, 0.717) is 6.54 Å². The second-order valence-electron chi connectivity index (χ2n) is 3.33. The summed E-state index contributed by atoms with van der Waals surface area (Å²) in [7, 11) is 0. The van der Waals surface area contributed by atoms with Crippen LogP contribution >= 0.6 is 0 Å². The van der Waals surface area contributed by atoms with Gasteiger partial charge in [0, 0.05) is 24.4 Å². The molecule has 0 bridgehead atoms. The number of amides is 1. The molecule has 0 N–H and O–H groups in total. The molecule has 0 spiro atoms. The Balaban J connectivity index is 2.66. The smallest absolute Gasteiger partial charge is 0.219 e. The van der Waals surface area contributed by atoms with Gasteiger partial charge in [0.2, 0.25) is 5.91 Å². The highest BCUT2D eigenvalue weighted by Gasteiger charge is 2.31. The number of hydrogen-bond acceptors (Lipinski definition) is 2. The lowest BCUT2D eigenvalue weighted by Gasteiger charge is -2.21. The molecule has 72 valence electrons. The highest BCUT2D eigenvalue weighted by atomic mass is 16.2. The normalized spacial score (nSPS) is 27.1. The van der Waals surface area contributed by atoms with Gasteiger partial charge in [0.1, 0.15) is 0 Å². The van der Waals surface area contributed by atoms with Gasteiger partial charge in [-0.25, -0.2) is 0 Å². The molecule has 5 nitrogen and oxygen atoms in total. The molecule has 1 saturated heterocycles. The Labute approximate surface area is 77.3 Å². The first-order valence-corrected chi connectivity index (χ1v) is 4.50. The number of hydrogen-bond donors (Lipinski definition) is 0. The molecule has 1 amide bonds. The Bertz CT molecular complexity index is 247. The van der Waals surface area contributed by atoms with Crippen LogP contribution in [0.25, 0.3) is 10.4 Å². The van der Waals surface area contributed by atoms with Crippen LogP contribution in [0.3, 0.4) is 0 Å². The maximum absolute atomic E-state index is 11.2. The van der Waals surface area contributed by atoms with Crippen molar-refractivity contribution in [3.05, 3.63) is 10.4 Å². The molecule has 0 unspecified atom stereocenters. The molecule has 0 radical (unpaired) electrons. The summed E-state index contributed by atoms with van der Waals surface area (Å²) >= 11 is 0. The van der Waals surface area contributed by atoms with Crippen LogP contribution < -0.4 is 0 Å². The van der Waals surface area contributed by atoms with Crippen molar-refractivity contribution in [3.63, 3.8) is 0 Å². The van der Waals surface area contributed by atoms with E-state index in [4.69, 9.17) is 5.53 Å². The second kappa shape index (κ2) is 4.14. The summed E-state index contributed by atoms with van der Waals surface area (Å²) < 4.78 is 0. The fraction of sp³-hybridized carbons (Fsp3) is 0.875. The first-order valence-electron chi connectivity index (χ1n) is 4.50. The average molecular weight is 182 g/mol. The number of carbonyl (C=O) groups is 1. The molecule has 5 heteroatoms. The Hall–Kier alpha value is -1.22. The highest BCUT2D eigenvalue weighted by molar-refractivity contribution is 5.74. The van der Waals surface area contributed by atoms with Crippen molar-refractivity contribution in [2.24, 2.45) is 5.11 Å². The fourth-order valence-corrected chi connectivity index (χ4v) is 1.82. The Morgan fingerprint density at radius 2 is 2.46 bits per heavy atom. The number of nitrogens with zero attached hydrogens (tertiary/aromatic N) is 4. The van der Waals surface area contributed by atoms with Gasteiger partial charge in [0.25, 0.3) is 0 Å². The van der Waals surface area contributed by atoms with Crippen LogP contribution in [0.2, 0.25) is 0 Å². The topological polar surface area (TPSA) is 69.1 Å². The third-order valence-corrected chi connectivity index (χ3v) is 2.48. The molecule has 1 heterocycles. The van der Waals surface area contributed by atoms with E-state index in [1.807, 2.05) is 6.92 Å². The van der Waals surface area contributed by atoms with Gasteiger partial charge < -0.3 is 4.90 Å². The summed E-state index contributed by atoms with van der Waals surface area (Å²) in [5.74, 6) is 0.0717. The molecule has 0 aliphatic carbocycles. The van der Waals surface area contributed by atoms with E-state index in [9.17, 15) is 4.79 Å². The third-order valence-electron chi connectivity index (χ3n) is 2.48. The average Bonchev–Trinajstić information content (AvgIpc) is 2.48. The SMILES string of the molecule is CC[C@@H]1C[C@H](N=[N+]=[N-])CN1C(C)=O. The van der Waals surface area contributed by atoms with E-state index in [0.717, 1.165) is 12.8 Å². The molecule has 1 fully saturated rings. The first-order chi connectivity index (χ1) is 6.19. The van der Waals surface area contributed by atoms with Gasteiger partial charge in [-0.15, -0.1) is 0 Å². The van der Waals surface area contributed by atoms with E-state index < -0.39 is 0 Å². The summed E-state index contributed by atoms with van der Waals surface area (Å²) in [6.45, 7) is 4.18. The number of likely N-dealkylation sites (tertiary alicyclic amines) is 1. The van der Waals surface area contributed by atoms with Gasteiger partial charge >= 0.3 is 0 Å². The summed E-state index contributed by atoms with van der Waals surface area (Å²) in [5, 5.41) is 3.64. The summed E-state index contributed by atoms with van der Waals surface area (Å²) in [5.41, 5.74) is 8.27. The number of carbonyl (C=O) groups excluding carboxylic acids is 1. The molecule has 0 aromatic heterocycles. The van der Waals surface area contributed by atoms with Crippen molar-refractivity contribution in [2.75, 3.05) is 6.54 Å². The molecule has 2 atom stereocenters. The monoisotopic (exact) mass is 182 g/mol. The summed E-state index contributed by atoms with van der Waals surface area (Å²) in [6.07, 6.45) is 1.73. The van der Waals surface area contributed by atoms with E-state index in [1.54, 1.807) is 11.8 Å². The minimum atomic E-state index is -0.0288. The van der Waals surface area contributed by atoms with Crippen LogP contribution in [0.1, 0.15) is 26.7 Å². The first kappa shape index (κ1) is 9.86. The third kappa shape index (κ3) is 2.12. The van der Waals surface area contributed by atoms with E-state index in [1.165, 1.54) is 0 Å². The quantitative estimate of drug-likeness (QED) is 0.364. The molecule has 0 aromatic rings. The molecule has 0 aromatic carbocycles. The highest BCUT2D eigenvalue weighted by Crippen LogP contribution is 2.22. The summed E-state index contributed by atoms with van der Waals surface area (Å²) in [4.78, 5) is 15.7. The Morgan fingerprint density at radius 3 is 2.85 bits per heavy atom. The molecule has 0 saturated carbocycles. The molecule has 1 aliphatic rings. The molecular formula is C8H14N4O. The lowest BCUT2D eigenvalue weighted by Crippen LogP contribution is -2.33. The minimum Gasteiger partial charge on any atom is -0.340 e. The standard InChI is InChI=1S/C8H14N4O/c1-3-8-4-7(10-11-9)5-12(8)6(2)13/h7-8H,3-5H2,1-2H3/t7-,8+/m0/s1. The molecule has 1 aliphatic heterocycles. The van der Waals surface area contributed by atoms with Crippen molar-refractivity contribution in [2.45, 2.75) is 38.8 Å². The van der Waals surface area contributed by atoms with E-state index in [-0.39, 0.29) is 18.0 Å². The van der Waals surface area contributed by atoms with Gasteiger partial charge in [0.05, 0.1) is 6.04 Å². The Kier molecular flexibility index (Phi) is 3.14.